The Morgan fingerprint density at radius 3 is 2.29 bits per heavy atom. The Bertz CT molecular complexity index is 299. The molecule has 0 aromatic carbocycles. The van der Waals surface area contributed by atoms with E-state index in [-0.39, 0.29) is 0 Å². The maximum atomic E-state index is 11.0. The van der Waals surface area contributed by atoms with Gasteiger partial charge in [-0.25, -0.2) is 0 Å². The first-order valence-corrected chi connectivity index (χ1v) is 7.29. The van der Waals surface area contributed by atoms with E-state index in [1.807, 2.05) is 0 Å². The van der Waals surface area contributed by atoms with Crippen LogP contribution in [0.3, 0.4) is 0 Å². The molecule has 0 amide bonds. The molecule has 96 valence electrons. The summed E-state index contributed by atoms with van der Waals surface area (Å²) in [7, 11) is 0. The van der Waals surface area contributed by atoms with Gasteiger partial charge in [-0.15, -0.1) is 0 Å². The van der Waals surface area contributed by atoms with E-state index in [9.17, 15) is 10.4 Å². The van der Waals surface area contributed by atoms with Gasteiger partial charge in [0.1, 0.15) is 0 Å². The average molecular weight is 235 g/mol. The number of hydrogen-bond acceptors (Lipinski definition) is 2. The van der Waals surface area contributed by atoms with E-state index in [0.29, 0.717) is 5.92 Å². The molecule has 0 radical (unpaired) electrons. The van der Waals surface area contributed by atoms with Crippen molar-refractivity contribution < 1.29 is 5.11 Å². The Morgan fingerprint density at radius 1 is 1.18 bits per heavy atom. The fourth-order valence-corrected chi connectivity index (χ4v) is 3.92. The molecule has 0 aromatic heterocycles. The molecule has 2 unspecified atom stereocenters. The standard InChI is InChI=1S/C15H25NO/c1-2-13-7-10-14(11-13,12-16)15(17)8-5-3-4-6-9-15/h13,17H,2-11H2,1H3. The second-order valence-electron chi connectivity index (χ2n) is 6.16. The molecule has 0 aliphatic heterocycles. The fraction of sp³-hybridized carbons (Fsp3) is 0.933. The Labute approximate surface area is 105 Å². The van der Waals surface area contributed by atoms with Crippen molar-refractivity contribution in [3.63, 3.8) is 0 Å². The molecule has 2 atom stereocenters. The Hall–Kier alpha value is -0.550. The largest absolute Gasteiger partial charge is 0.388 e. The highest BCUT2D eigenvalue weighted by Gasteiger charge is 2.53. The quantitative estimate of drug-likeness (QED) is 0.740. The van der Waals surface area contributed by atoms with Crippen molar-refractivity contribution in [1.82, 2.24) is 0 Å². The highest BCUT2D eigenvalue weighted by atomic mass is 16.3. The number of hydrogen-bond donors (Lipinski definition) is 1. The third-order valence-corrected chi connectivity index (χ3v) is 5.23. The summed E-state index contributed by atoms with van der Waals surface area (Å²) in [4.78, 5) is 0. The summed E-state index contributed by atoms with van der Waals surface area (Å²) in [6, 6.07) is 2.53. The summed E-state index contributed by atoms with van der Waals surface area (Å²) < 4.78 is 0. The van der Waals surface area contributed by atoms with Crippen molar-refractivity contribution >= 4 is 0 Å². The van der Waals surface area contributed by atoms with Gasteiger partial charge in [-0.3, -0.25) is 0 Å². The lowest BCUT2D eigenvalue weighted by molar-refractivity contribution is -0.0665. The Morgan fingerprint density at radius 2 is 1.82 bits per heavy atom. The molecule has 0 bridgehead atoms. The molecule has 2 fully saturated rings. The lowest BCUT2D eigenvalue weighted by Gasteiger charge is -2.40. The first kappa shape index (κ1) is 12.9. The van der Waals surface area contributed by atoms with E-state index in [1.54, 1.807) is 0 Å². The number of rotatable bonds is 2. The van der Waals surface area contributed by atoms with Crippen LogP contribution in [0.5, 0.6) is 0 Å². The van der Waals surface area contributed by atoms with Gasteiger partial charge >= 0.3 is 0 Å². The molecule has 0 aromatic rings. The van der Waals surface area contributed by atoms with E-state index >= 15 is 0 Å². The molecular formula is C15H25NO. The zero-order chi connectivity index (χ0) is 12.4. The van der Waals surface area contributed by atoms with Gasteiger partial charge in [0.25, 0.3) is 0 Å². The highest BCUT2D eigenvalue weighted by Crippen LogP contribution is 2.53. The zero-order valence-corrected chi connectivity index (χ0v) is 11.0. The van der Waals surface area contributed by atoms with Crippen LogP contribution in [0.2, 0.25) is 0 Å². The van der Waals surface area contributed by atoms with Gasteiger partial charge in [0.05, 0.1) is 17.1 Å². The molecule has 0 heterocycles. The molecule has 2 aliphatic carbocycles. The maximum Gasteiger partial charge on any atom is 0.0863 e. The topological polar surface area (TPSA) is 44.0 Å². The maximum absolute atomic E-state index is 11.0. The third-order valence-electron chi connectivity index (χ3n) is 5.23. The summed E-state index contributed by atoms with van der Waals surface area (Å²) in [6.45, 7) is 2.20. The van der Waals surface area contributed by atoms with Crippen molar-refractivity contribution in [2.75, 3.05) is 0 Å². The fourth-order valence-electron chi connectivity index (χ4n) is 3.92. The number of nitriles is 1. The Kier molecular flexibility index (Phi) is 3.78. The first-order chi connectivity index (χ1) is 8.16. The van der Waals surface area contributed by atoms with E-state index in [1.165, 1.54) is 12.8 Å². The van der Waals surface area contributed by atoms with Gasteiger partial charge in [0, 0.05) is 0 Å². The van der Waals surface area contributed by atoms with Gasteiger partial charge in [-0.05, 0) is 38.0 Å². The van der Waals surface area contributed by atoms with Crippen LogP contribution in [-0.4, -0.2) is 10.7 Å². The van der Waals surface area contributed by atoms with Gasteiger partial charge in [0.2, 0.25) is 0 Å². The van der Waals surface area contributed by atoms with Crippen LogP contribution in [0.15, 0.2) is 0 Å². The van der Waals surface area contributed by atoms with Gasteiger partial charge < -0.3 is 5.11 Å². The van der Waals surface area contributed by atoms with E-state index in [0.717, 1.165) is 51.4 Å². The van der Waals surface area contributed by atoms with Crippen molar-refractivity contribution in [2.24, 2.45) is 11.3 Å². The molecule has 2 rings (SSSR count). The van der Waals surface area contributed by atoms with Crippen LogP contribution in [-0.2, 0) is 0 Å². The second kappa shape index (κ2) is 4.98. The van der Waals surface area contributed by atoms with Crippen molar-refractivity contribution in [3.8, 4) is 6.07 Å². The molecule has 2 saturated carbocycles. The monoisotopic (exact) mass is 235 g/mol. The van der Waals surface area contributed by atoms with Crippen molar-refractivity contribution in [2.45, 2.75) is 76.7 Å². The summed E-state index contributed by atoms with van der Waals surface area (Å²) in [5.41, 5.74) is -1.12. The lowest BCUT2D eigenvalue weighted by Crippen LogP contribution is -2.45. The zero-order valence-electron chi connectivity index (χ0n) is 11.0. The van der Waals surface area contributed by atoms with Crippen LogP contribution in [0.25, 0.3) is 0 Å². The number of nitrogens with zero attached hydrogens (tertiary/aromatic N) is 1. The van der Waals surface area contributed by atoms with Crippen LogP contribution in [0.1, 0.15) is 71.1 Å². The molecule has 2 aliphatic rings. The number of aliphatic hydroxyl groups is 1. The highest BCUT2D eigenvalue weighted by molar-refractivity contribution is 5.15. The second-order valence-corrected chi connectivity index (χ2v) is 6.16. The molecule has 0 spiro atoms. The molecule has 2 heteroatoms. The summed E-state index contributed by atoms with van der Waals surface area (Å²) in [5.74, 6) is 0.655. The van der Waals surface area contributed by atoms with Crippen LogP contribution < -0.4 is 0 Å². The minimum absolute atomic E-state index is 0.433. The van der Waals surface area contributed by atoms with E-state index < -0.39 is 11.0 Å². The van der Waals surface area contributed by atoms with Crippen molar-refractivity contribution in [3.05, 3.63) is 0 Å². The predicted octanol–water partition coefficient (Wildman–Crippen LogP) is 3.79. The normalized spacial score (nSPS) is 37.4. The molecule has 1 N–H and O–H groups in total. The minimum Gasteiger partial charge on any atom is -0.388 e. The predicted molar refractivity (Wildman–Crippen MR) is 68.3 cm³/mol. The molecular weight excluding hydrogens is 210 g/mol. The first-order valence-electron chi connectivity index (χ1n) is 7.29. The van der Waals surface area contributed by atoms with E-state index in [2.05, 4.69) is 13.0 Å². The summed E-state index contributed by atoms with van der Waals surface area (Å²) in [5, 5.41) is 20.6. The summed E-state index contributed by atoms with van der Waals surface area (Å²) in [6.07, 6.45) is 10.4. The van der Waals surface area contributed by atoms with Gasteiger partial charge in [0.15, 0.2) is 0 Å². The van der Waals surface area contributed by atoms with Gasteiger partial charge in [-0.1, -0.05) is 39.0 Å². The average Bonchev–Trinajstić information content (AvgIpc) is 2.67. The molecule has 17 heavy (non-hydrogen) atoms. The third kappa shape index (κ3) is 2.22. The van der Waals surface area contributed by atoms with Crippen molar-refractivity contribution in [1.29, 1.82) is 5.26 Å². The summed E-state index contributed by atoms with van der Waals surface area (Å²) >= 11 is 0. The minimum atomic E-state index is -0.692. The van der Waals surface area contributed by atoms with E-state index in [4.69, 9.17) is 0 Å². The van der Waals surface area contributed by atoms with Crippen LogP contribution in [0.4, 0.5) is 0 Å². The van der Waals surface area contributed by atoms with Crippen LogP contribution in [0, 0.1) is 22.7 Å². The van der Waals surface area contributed by atoms with Gasteiger partial charge in [-0.2, -0.15) is 5.26 Å². The smallest absolute Gasteiger partial charge is 0.0863 e. The Balaban J connectivity index is 2.19. The molecule has 2 nitrogen and oxygen atoms in total. The lowest BCUT2D eigenvalue weighted by atomic mass is 9.67. The van der Waals surface area contributed by atoms with Crippen LogP contribution >= 0.6 is 0 Å². The SMILES string of the molecule is CCC1CCC(C#N)(C2(O)CCCCCC2)C1. The molecule has 0 saturated heterocycles.